The molecule has 0 aromatic carbocycles. The molecule has 0 fully saturated rings. The summed E-state index contributed by atoms with van der Waals surface area (Å²) in [6.07, 6.45) is 2.02. The van der Waals surface area contributed by atoms with Gasteiger partial charge in [-0.1, -0.05) is 36.1 Å². The van der Waals surface area contributed by atoms with E-state index in [1.165, 1.54) is 11.5 Å². The Balaban J connectivity index is 2.15. The summed E-state index contributed by atoms with van der Waals surface area (Å²) in [5, 5.41) is 17.7. The molecule has 0 bridgehead atoms. The second-order valence-electron chi connectivity index (χ2n) is 3.58. The van der Waals surface area contributed by atoms with Crippen molar-refractivity contribution < 1.29 is 0 Å². The average Bonchev–Trinajstić information content (AvgIpc) is 2.95. The number of hydrogen-bond donors (Lipinski definition) is 1. The van der Waals surface area contributed by atoms with Crippen LogP contribution in [0.2, 0.25) is 0 Å². The number of aromatic nitrogens is 4. The lowest BCUT2D eigenvalue weighted by molar-refractivity contribution is 0.715. The number of aryl methyl sites for hydroxylation is 1. The van der Waals surface area contributed by atoms with E-state index in [2.05, 4.69) is 38.9 Å². The second-order valence-corrected chi connectivity index (χ2v) is 5.40. The van der Waals surface area contributed by atoms with E-state index < -0.39 is 0 Å². The van der Waals surface area contributed by atoms with Crippen LogP contribution >= 0.6 is 22.9 Å². The van der Waals surface area contributed by atoms with Gasteiger partial charge in [0.2, 0.25) is 0 Å². The molecular formula is C10H15N5S2. The van der Waals surface area contributed by atoms with Gasteiger partial charge in [0, 0.05) is 6.54 Å². The summed E-state index contributed by atoms with van der Waals surface area (Å²) in [5.74, 6) is 0. The zero-order chi connectivity index (χ0) is 12.1. The lowest BCUT2D eigenvalue weighted by Crippen LogP contribution is -2.11. The van der Waals surface area contributed by atoms with E-state index in [9.17, 15) is 0 Å². The van der Waals surface area contributed by atoms with Gasteiger partial charge in [-0.2, -0.15) is 0 Å². The first-order chi connectivity index (χ1) is 8.35. The number of rotatable bonds is 6. The minimum Gasteiger partial charge on any atom is -0.311 e. The van der Waals surface area contributed by atoms with E-state index in [-0.39, 0.29) is 0 Å². The summed E-state index contributed by atoms with van der Waals surface area (Å²) in [6, 6.07) is 0. The Bertz CT molecular complexity index is 465. The predicted octanol–water partition coefficient (Wildman–Crippen LogP) is 2.12. The second kappa shape index (κ2) is 6.13. The van der Waals surface area contributed by atoms with Crippen molar-refractivity contribution >= 4 is 22.9 Å². The zero-order valence-corrected chi connectivity index (χ0v) is 11.6. The highest BCUT2D eigenvalue weighted by molar-refractivity contribution is 7.19. The molecule has 2 aromatic heterocycles. The molecule has 2 rings (SSSR count). The molecule has 0 aliphatic rings. The molecule has 0 aliphatic carbocycles. The molecule has 0 saturated carbocycles. The molecule has 0 aliphatic heterocycles. The van der Waals surface area contributed by atoms with Gasteiger partial charge < -0.3 is 5.32 Å². The molecule has 0 amide bonds. The molecule has 0 saturated heterocycles. The molecular weight excluding hydrogens is 254 g/mol. The summed E-state index contributed by atoms with van der Waals surface area (Å²) in [5.41, 5.74) is 1.05. The van der Waals surface area contributed by atoms with Gasteiger partial charge in [-0.3, -0.25) is 0 Å². The highest BCUT2D eigenvalue weighted by Gasteiger charge is 2.14. The summed E-state index contributed by atoms with van der Waals surface area (Å²) in [6.45, 7) is 5.94. The van der Waals surface area contributed by atoms with Crippen LogP contribution in [-0.4, -0.2) is 26.3 Å². The van der Waals surface area contributed by atoms with Crippen LogP contribution in [0, 0.1) is 0 Å². The first-order valence-corrected chi connectivity index (χ1v) is 7.28. The van der Waals surface area contributed by atoms with Crippen molar-refractivity contribution in [3.8, 4) is 9.88 Å². The van der Waals surface area contributed by atoms with Crippen LogP contribution < -0.4 is 5.32 Å². The van der Waals surface area contributed by atoms with E-state index in [1.807, 2.05) is 0 Å². The SMILES string of the molecule is CCCc1nnsc1-c1nnc(CNCC)s1. The maximum atomic E-state index is 4.21. The Kier molecular flexibility index (Phi) is 4.52. The molecule has 2 aromatic rings. The van der Waals surface area contributed by atoms with Gasteiger partial charge in [0.15, 0.2) is 5.01 Å². The van der Waals surface area contributed by atoms with Gasteiger partial charge >= 0.3 is 0 Å². The molecule has 0 radical (unpaired) electrons. The third-order valence-electron chi connectivity index (χ3n) is 2.23. The van der Waals surface area contributed by atoms with Gasteiger partial charge in [-0.15, -0.1) is 15.3 Å². The van der Waals surface area contributed by atoms with Crippen LogP contribution in [-0.2, 0) is 13.0 Å². The Morgan fingerprint density at radius 3 is 2.82 bits per heavy atom. The van der Waals surface area contributed by atoms with Crippen molar-refractivity contribution in [3.63, 3.8) is 0 Å². The monoisotopic (exact) mass is 269 g/mol. The molecule has 7 heteroatoms. The molecule has 0 atom stereocenters. The van der Waals surface area contributed by atoms with Crippen LogP contribution in [0.4, 0.5) is 0 Å². The van der Waals surface area contributed by atoms with E-state index in [4.69, 9.17) is 0 Å². The Morgan fingerprint density at radius 1 is 1.18 bits per heavy atom. The Labute approximate surface area is 108 Å². The standard InChI is InChI=1S/C10H15N5S2/c1-3-5-7-9(17-15-12-7)10-14-13-8(16-10)6-11-4-2/h11H,3-6H2,1-2H3. The quantitative estimate of drug-likeness (QED) is 0.870. The van der Waals surface area contributed by atoms with Gasteiger partial charge in [0.1, 0.15) is 9.88 Å². The molecule has 1 N–H and O–H groups in total. The van der Waals surface area contributed by atoms with Crippen LogP contribution in [0.15, 0.2) is 0 Å². The van der Waals surface area contributed by atoms with E-state index >= 15 is 0 Å². The zero-order valence-electron chi connectivity index (χ0n) is 9.93. The Hall–Kier alpha value is -0.920. The van der Waals surface area contributed by atoms with Gasteiger partial charge in [-0.25, -0.2) is 0 Å². The lowest BCUT2D eigenvalue weighted by Gasteiger charge is -1.94. The van der Waals surface area contributed by atoms with Crippen molar-refractivity contribution in [1.29, 1.82) is 0 Å². The largest absolute Gasteiger partial charge is 0.311 e. The maximum absolute atomic E-state index is 4.21. The summed E-state index contributed by atoms with van der Waals surface area (Å²) < 4.78 is 4.00. The highest BCUT2D eigenvalue weighted by atomic mass is 32.1. The first-order valence-electron chi connectivity index (χ1n) is 5.69. The van der Waals surface area contributed by atoms with E-state index in [0.717, 1.165) is 46.5 Å². The first kappa shape index (κ1) is 12.5. The molecule has 2 heterocycles. The maximum Gasteiger partial charge on any atom is 0.161 e. The fourth-order valence-electron chi connectivity index (χ4n) is 1.42. The molecule has 0 spiro atoms. The summed E-state index contributed by atoms with van der Waals surface area (Å²) >= 11 is 3.02. The van der Waals surface area contributed by atoms with Crippen LogP contribution in [0.5, 0.6) is 0 Å². The van der Waals surface area contributed by atoms with Crippen LogP contribution in [0.3, 0.4) is 0 Å². The van der Waals surface area contributed by atoms with Gasteiger partial charge in [0.25, 0.3) is 0 Å². The summed E-state index contributed by atoms with van der Waals surface area (Å²) in [7, 11) is 0. The van der Waals surface area contributed by atoms with Gasteiger partial charge in [-0.05, 0) is 24.5 Å². The third kappa shape index (κ3) is 3.05. The smallest absolute Gasteiger partial charge is 0.161 e. The predicted molar refractivity (Wildman–Crippen MR) is 70.2 cm³/mol. The lowest BCUT2D eigenvalue weighted by atomic mass is 10.2. The topological polar surface area (TPSA) is 63.6 Å². The van der Waals surface area contributed by atoms with E-state index in [1.54, 1.807) is 11.3 Å². The average molecular weight is 269 g/mol. The normalized spacial score (nSPS) is 10.9. The third-order valence-corrected chi connectivity index (χ3v) is 4.07. The Morgan fingerprint density at radius 2 is 2.06 bits per heavy atom. The number of nitrogens with zero attached hydrogens (tertiary/aromatic N) is 4. The summed E-state index contributed by atoms with van der Waals surface area (Å²) in [4.78, 5) is 1.08. The fourth-order valence-corrected chi connectivity index (χ4v) is 3.02. The van der Waals surface area contributed by atoms with Crippen molar-refractivity contribution in [3.05, 3.63) is 10.7 Å². The number of hydrogen-bond acceptors (Lipinski definition) is 7. The van der Waals surface area contributed by atoms with Crippen molar-refractivity contribution in [2.24, 2.45) is 0 Å². The number of nitrogens with one attached hydrogen (secondary N) is 1. The highest BCUT2D eigenvalue weighted by Crippen LogP contribution is 2.29. The van der Waals surface area contributed by atoms with Crippen molar-refractivity contribution in [1.82, 2.24) is 25.1 Å². The van der Waals surface area contributed by atoms with Crippen molar-refractivity contribution in [2.45, 2.75) is 33.2 Å². The van der Waals surface area contributed by atoms with Crippen molar-refractivity contribution in [2.75, 3.05) is 6.54 Å². The van der Waals surface area contributed by atoms with Gasteiger partial charge in [0.05, 0.1) is 5.69 Å². The minimum absolute atomic E-state index is 0.781. The van der Waals surface area contributed by atoms with Crippen LogP contribution in [0.1, 0.15) is 31.0 Å². The van der Waals surface area contributed by atoms with E-state index in [0.29, 0.717) is 0 Å². The van der Waals surface area contributed by atoms with Crippen LogP contribution in [0.25, 0.3) is 9.88 Å². The molecule has 17 heavy (non-hydrogen) atoms. The fraction of sp³-hybridized carbons (Fsp3) is 0.600. The molecule has 5 nitrogen and oxygen atoms in total. The molecule has 92 valence electrons. The molecule has 0 unspecified atom stereocenters. The minimum atomic E-state index is 0.781.